The largest absolute Gasteiger partial charge is 0.338 e. The summed E-state index contributed by atoms with van der Waals surface area (Å²) in [6.07, 6.45) is 2.38. The van der Waals surface area contributed by atoms with Crippen LogP contribution in [0.25, 0.3) is 0 Å². The second kappa shape index (κ2) is 4.53. The first-order chi connectivity index (χ1) is 7.24. The molecule has 0 saturated carbocycles. The summed E-state index contributed by atoms with van der Waals surface area (Å²) in [6, 6.07) is 0. The van der Waals surface area contributed by atoms with Gasteiger partial charge >= 0.3 is 0 Å². The molecule has 1 aromatic rings. The monoisotopic (exact) mass is 227 g/mol. The van der Waals surface area contributed by atoms with Crippen LogP contribution in [-0.4, -0.2) is 22.4 Å². The molecule has 4 nitrogen and oxygen atoms in total. The highest BCUT2D eigenvalue weighted by Crippen LogP contribution is 2.45. The van der Waals surface area contributed by atoms with Crippen molar-refractivity contribution >= 4 is 11.8 Å². The van der Waals surface area contributed by atoms with E-state index in [0.29, 0.717) is 6.54 Å². The van der Waals surface area contributed by atoms with Gasteiger partial charge in [0.15, 0.2) is 5.82 Å². The van der Waals surface area contributed by atoms with Crippen molar-refractivity contribution in [1.29, 1.82) is 0 Å². The lowest BCUT2D eigenvalue weighted by molar-refractivity contribution is 0.339. The molecule has 1 saturated heterocycles. The van der Waals surface area contributed by atoms with Crippen LogP contribution in [0.3, 0.4) is 0 Å². The molecule has 0 amide bonds. The van der Waals surface area contributed by atoms with E-state index in [1.807, 2.05) is 11.8 Å². The van der Waals surface area contributed by atoms with E-state index < -0.39 is 0 Å². The molecule has 2 rings (SSSR count). The maximum Gasteiger partial charge on any atom is 0.242 e. The lowest BCUT2D eigenvalue weighted by Crippen LogP contribution is -2.15. The molecule has 0 bridgehead atoms. The Balaban J connectivity index is 2.05. The Kier molecular flexibility index (Phi) is 3.31. The van der Waals surface area contributed by atoms with E-state index in [1.165, 1.54) is 12.2 Å². The summed E-state index contributed by atoms with van der Waals surface area (Å²) < 4.78 is 5.38. The van der Waals surface area contributed by atoms with Crippen molar-refractivity contribution in [2.45, 2.75) is 38.0 Å². The Bertz CT molecular complexity index is 320. The zero-order valence-electron chi connectivity index (χ0n) is 9.25. The minimum atomic E-state index is 0.0530. The molecule has 0 aromatic carbocycles. The topological polar surface area (TPSA) is 51.0 Å². The predicted molar refractivity (Wildman–Crippen MR) is 60.7 cm³/mol. The second-order valence-corrected chi connectivity index (χ2v) is 5.58. The van der Waals surface area contributed by atoms with Gasteiger partial charge in [0.05, 0.1) is 11.3 Å². The van der Waals surface area contributed by atoms with Crippen molar-refractivity contribution in [3.05, 3.63) is 11.7 Å². The first kappa shape index (κ1) is 11.0. The van der Waals surface area contributed by atoms with Crippen molar-refractivity contribution in [1.82, 2.24) is 15.5 Å². The van der Waals surface area contributed by atoms with E-state index in [4.69, 9.17) is 4.52 Å². The zero-order valence-corrected chi connectivity index (χ0v) is 10.1. The number of thioether (sulfide) groups is 1. The van der Waals surface area contributed by atoms with Crippen LogP contribution in [0.5, 0.6) is 0 Å². The summed E-state index contributed by atoms with van der Waals surface area (Å²) >= 11 is 1.92. The molecule has 0 radical (unpaired) electrons. The molecule has 15 heavy (non-hydrogen) atoms. The van der Waals surface area contributed by atoms with Crippen LogP contribution in [0.15, 0.2) is 4.52 Å². The standard InChI is InChI=1S/C10H17N3OS/c1-3-11-7-8-12-9(14-13-8)10(2)5-4-6-15-10/h11H,3-7H2,1-2H3. The molecule has 0 spiro atoms. The summed E-state index contributed by atoms with van der Waals surface area (Å²) in [5.41, 5.74) is 0. The fraction of sp³-hybridized carbons (Fsp3) is 0.800. The zero-order chi connectivity index (χ0) is 10.7. The smallest absolute Gasteiger partial charge is 0.242 e. The van der Waals surface area contributed by atoms with E-state index >= 15 is 0 Å². The molecule has 1 fully saturated rings. The van der Waals surface area contributed by atoms with E-state index in [0.717, 1.165) is 24.7 Å². The molecule has 1 unspecified atom stereocenters. The number of nitrogens with one attached hydrogen (secondary N) is 1. The average molecular weight is 227 g/mol. The van der Waals surface area contributed by atoms with Crippen LogP contribution in [-0.2, 0) is 11.3 Å². The van der Waals surface area contributed by atoms with Crippen LogP contribution in [0.1, 0.15) is 38.4 Å². The number of nitrogens with zero attached hydrogens (tertiary/aromatic N) is 2. The first-order valence-electron chi connectivity index (χ1n) is 5.42. The predicted octanol–water partition coefficient (Wildman–Crippen LogP) is 1.92. The van der Waals surface area contributed by atoms with Gasteiger partial charge in [0.2, 0.25) is 5.89 Å². The number of aromatic nitrogens is 2. The molecule has 1 aliphatic rings. The van der Waals surface area contributed by atoms with E-state index in [1.54, 1.807) is 0 Å². The van der Waals surface area contributed by atoms with Gasteiger partial charge in [-0.2, -0.15) is 4.98 Å². The SMILES string of the molecule is CCNCc1noc(C2(C)CCCS2)n1. The maximum atomic E-state index is 5.33. The number of rotatable bonds is 4. The lowest BCUT2D eigenvalue weighted by atomic mass is 10.1. The summed E-state index contributed by atoms with van der Waals surface area (Å²) in [4.78, 5) is 4.44. The Morgan fingerprint density at radius 2 is 2.47 bits per heavy atom. The molecule has 1 atom stereocenters. The van der Waals surface area contributed by atoms with Gasteiger partial charge in [-0.15, -0.1) is 11.8 Å². The third-order valence-electron chi connectivity index (χ3n) is 2.67. The Morgan fingerprint density at radius 1 is 1.60 bits per heavy atom. The molecule has 1 aliphatic heterocycles. The van der Waals surface area contributed by atoms with Gasteiger partial charge in [0.25, 0.3) is 0 Å². The van der Waals surface area contributed by atoms with E-state index in [9.17, 15) is 0 Å². The molecular formula is C10H17N3OS. The van der Waals surface area contributed by atoms with Crippen molar-refractivity contribution in [3.8, 4) is 0 Å². The van der Waals surface area contributed by atoms with Gasteiger partial charge in [-0.1, -0.05) is 12.1 Å². The summed E-state index contributed by atoms with van der Waals surface area (Å²) in [7, 11) is 0. The highest BCUT2D eigenvalue weighted by Gasteiger charge is 2.36. The molecule has 1 N–H and O–H groups in total. The number of hydrogen-bond acceptors (Lipinski definition) is 5. The van der Waals surface area contributed by atoms with Crippen molar-refractivity contribution in [3.63, 3.8) is 0 Å². The molecule has 84 valence electrons. The summed E-state index contributed by atoms with van der Waals surface area (Å²) in [6.45, 7) is 5.88. The summed E-state index contributed by atoms with van der Waals surface area (Å²) in [5.74, 6) is 2.75. The Morgan fingerprint density at radius 3 is 3.13 bits per heavy atom. The molecular weight excluding hydrogens is 210 g/mol. The Hall–Kier alpha value is -0.550. The van der Waals surface area contributed by atoms with Crippen LogP contribution >= 0.6 is 11.8 Å². The van der Waals surface area contributed by atoms with Gasteiger partial charge in [0.1, 0.15) is 0 Å². The van der Waals surface area contributed by atoms with Crippen LogP contribution in [0.2, 0.25) is 0 Å². The quantitative estimate of drug-likeness (QED) is 0.851. The average Bonchev–Trinajstić information content (AvgIpc) is 2.84. The number of hydrogen-bond donors (Lipinski definition) is 1. The normalized spacial score (nSPS) is 26.0. The minimum absolute atomic E-state index is 0.0530. The van der Waals surface area contributed by atoms with Crippen molar-refractivity contribution < 1.29 is 4.52 Å². The molecule has 1 aromatic heterocycles. The second-order valence-electron chi connectivity index (χ2n) is 3.98. The van der Waals surface area contributed by atoms with Crippen LogP contribution < -0.4 is 5.32 Å². The minimum Gasteiger partial charge on any atom is -0.338 e. The molecule has 2 heterocycles. The van der Waals surface area contributed by atoms with Gasteiger partial charge in [-0.05, 0) is 32.1 Å². The highest BCUT2D eigenvalue weighted by atomic mass is 32.2. The van der Waals surface area contributed by atoms with Gasteiger partial charge in [-0.25, -0.2) is 0 Å². The highest BCUT2D eigenvalue weighted by molar-refractivity contribution is 8.00. The molecule has 5 heteroatoms. The summed E-state index contributed by atoms with van der Waals surface area (Å²) in [5, 5.41) is 7.17. The van der Waals surface area contributed by atoms with Crippen LogP contribution in [0, 0.1) is 0 Å². The van der Waals surface area contributed by atoms with Crippen LogP contribution in [0.4, 0.5) is 0 Å². The van der Waals surface area contributed by atoms with Gasteiger partial charge in [-0.3, -0.25) is 0 Å². The van der Waals surface area contributed by atoms with E-state index in [2.05, 4.69) is 29.3 Å². The van der Waals surface area contributed by atoms with Gasteiger partial charge < -0.3 is 9.84 Å². The van der Waals surface area contributed by atoms with Crippen molar-refractivity contribution in [2.75, 3.05) is 12.3 Å². The first-order valence-corrected chi connectivity index (χ1v) is 6.41. The third-order valence-corrected chi connectivity index (χ3v) is 4.18. The fourth-order valence-corrected chi connectivity index (χ4v) is 2.96. The van der Waals surface area contributed by atoms with E-state index in [-0.39, 0.29) is 4.75 Å². The lowest BCUT2D eigenvalue weighted by Gasteiger charge is -2.16. The fourth-order valence-electron chi connectivity index (χ4n) is 1.73. The maximum absolute atomic E-state index is 5.33. The van der Waals surface area contributed by atoms with Crippen molar-refractivity contribution in [2.24, 2.45) is 0 Å². The third kappa shape index (κ3) is 2.34. The molecule has 0 aliphatic carbocycles. The Labute approximate surface area is 94.2 Å². The van der Waals surface area contributed by atoms with Gasteiger partial charge in [0, 0.05) is 0 Å².